The molecule has 2 aromatic rings. The Morgan fingerprint density at radius 3 is 2.89 bits per heavy atom. The highest BCUT2D eigenvalue weighted by Crippen LogP contribution is 2.30. The fourth-order valence-electron chi connectivity index (χ4n) is 2.54. The number of nitrogens with one attached hydrogen (secondary N) is 2. The predicted octanol–water partition coefficient (Wildman–Crippen LogP) is 1.74. The summed E-state index contributed by atoms with van der Waals surface area (Å²) in [6.45, 7) is 0.369. The summed E-state index contributed by atoms with van der Waals surface area (Å²) < 4.78 is 0. The number of carbonyl (C=O) groups is 1. The molecule has 1 aromatic carbocycles. The third kappa shape index (κ3) is 2.49. The first-order chi connectivity index (χ1) is 9.16. The first-order valence-corrected chi connectivity index (χ1v) is 6.70. The molecular formula is C15H18N2O2. The number of rotatable bonds is 4. The number of aliphatic hydroxyl groups is 1. The average Bonchev–Trinajstić information content (AvgIpc) is 2.78. The molecule has 0 saturated heterocycles. The molecule has 3 rings (SSSR count). The lowest BCUT2D eigenvalue weighted by Gasteiger charge is -2.36. The largest absolute Gasteiger partial charge is 0.388 e. The zero-order chi connectivity index (χ0) is 13.3. The van der Waals surface area contributed by atoms with Gasteiger partial charge in [-0.2, -0.15) is 0 Å². The summed E-state index contributed by atoms with van der Waals surface area (Å²) in [6, 6.07) is 7.94. The molecule has 1 heterocycles. The van der Waals surface area contributed by atoms with Crippen LogP contribution in [0, 0.1) is 0 Å². The van der Waals surface area contributed by atoms with Gasteiger partial charge in [-0.1, -0.05) is 18.2 Å². The number of benzene rings is 1. The molecule has 0 unspecified atom stereocenters. The monoisotopic (exact) mass is 258 g/mol. The molecule has 0 atom stereocenters. The summed E-state index contributed by atoms with van der Waals surface area (Å²) in [6.07, 6.45) is 4.86. The van der Waals surface area contributed by atoms with E-state index in [9.17, 15) is 9.90 Å². The topological polar surface area (TPSA) is 65.1 Å². The van der Waals surface area contributed by atoms with Crippen molar-refractivity contribution in [3.63, 3.8) is 0 Å². The van der Waals surface area contributed by atoms with Crippen LogP contribution >= 0.6 is 0 Å². The second-order valence-electron chi connectivity index (χ2n) is 5.39. The Hall–Kier alpha value is -1.81. The molecule has 0 bridgehead atoms. The fourth-order valence-corrected chi connectivity index (χ4v) is 2.54. The number of hydrogen-bond acceptors (Lipinski definition) is 2. The zero-order valence-corrected chi connectivity index (χ0v) is 10.8. The first kappa shape index (κ1) is 12.2. The minimum absolute atomic E-state index is 0.0370. The maximum atomic E-state index is 11.9. The Labute approximate surface area is 111 Å². The van der Waals surface area contributed by atoms with Gasteiger partial charge in [0.05, 0.1) is 12.0 Å². The van der Waals surface area contributed by atoms with Crippen molar-refractivity contribution in [2.75, 3.05) is 6.54 Å². The molecule has 1 aliphatic carbocycles. The van der Waals surface area contributed by atoms with Crippen LogP contribution in [0.3, 0.4) is 0 Å². The van der Waals surface area contributed by atoms with Crippen molar-refractivity contribution in [1.29, 1.82) is 0 Å². The number of amides is 1. The number of para-hydroxylation sites is 1. The fraction of sp³-hybridized carbons (Fsp3) is 0.400. The highest BCUT2D eigenvalue weighted by molar-refractivity contribution is 5.88. The van der Waals surface area contributed by atoms with E-state index >= 15 is 0 Å². The van der Waals surface area contributed by atoms with Gasteiger partial charge in [-0.3, -0.25) is 4.79 Å². The molecule has 1 aliphatic rings. The lowest BCUT2D eigenvalue weighted by atomic mass is 9.80. The maximum absolute atomic E-state index is 11.9. The van der Waals surface area contributed by atoms with E-state index in [0.29, 0.717) is 13.0 Å². The summed E-state index contributed by atoms with van der Waals surface area (Å²) in [5.74, 6) is -0.0370. The van der Waals surface area contributed by atoms with Gasteiger partial charge in [-0.25, -0.2) is 0 Å². The van der Waals surface area contributed by atoms with E-state index < -0.39 is 5.60 Å². The van der Waals surface area contributed by atoms with Crippen molar-refractivity contribution in [2.24, 2.45) is 0 Å². The standard InChI is InChI=1S/C15H18N2O2/c18-14(17-10-15(19)6-3-7-15)8-11-9-16-13-5-2-1-4-12(11)13/h1-2,4-5,9,16,19H,3,6-8,10H2,(H,17,18). The van der Waals surface area contributed by atoms with E-state index in [2.05, 4.69) is 10.3 Å². The smallest absolute Gasteiger partial charge is 0.224 e. The number of carbonyl (C=O) groups excluding carboxylic acids is 1. The molecule has 0 radical (unpaired) electrons. The van der Waals surface area contributed by atoms with Crippen molar-refractivity contribution in [3.05, 3.63) is 36.0 Å². The van der Waals surface area contributed by atoms with Crippen LogP contribution < -0.4 is 5.32 Å². The summed E-state index contributed by atoms with van der Waals surface area (Å²) in [5, 5.41) is 13.8. The molecule has 4 heteroatoms. The molecule has 3 N–H and O–H groups in total. The molecule has 1 saturated carbocycles. The lowest BCUT2D eigenvalue weighted by Crippen LogP contribution is -2.48. The van der Waals surface area contributed by atoms with Gasteiger partial charge in [0.15, 0.2) is 0 Å². The van der Waals surface area contributed by atoms with Gasteiger partial charge >= 0.3 is 0 Å². The first-order valence-electron chi connectivity index (χ1n) is 6.70. The zero-order valence-electron chi connectivity index (χ0n) is 10.8. The van der Waals surface area contributed by atoms with Crippen LogP contribution in [0.1, 0.15) is 24.8 Å². The van der Waals surface area contributed by atoms with Gasteiger partial charge in [0.1, 0.15) is 0 Å². The molecule has 4 nitrogen and oxygen atoms in total. The molecular weight excluding hydrogens is 240 g/mol. The number of aromatic nitrogens is 1. The Balaban J connectivity index is 1.63. The summed E-state index contributed by atoms with van der Waals surface area (Å²) in [5.41, 5.74) is 1.38. The molecule has 100 valence electrons. The van der Waals surface area contributed by atoms with E-state index in [0.717, 1.165) is 35.7 Å². The van der Waals surface area contributed by atoms with Crippen molar-refractivity contribution in [1.82, 2.24) is 10.3 Å². The summed E-state index contributed by atoms with van der Waals surface area (Å²) >= 11 is 0. The van der Waals surface area contributed by atoms with Crippen LogP contribution in [0.2, 0.25) is 0 Å². The van der Waals surface area contributed by atoms with E-state index in [4.69, 9.17) is 0 Å². The number of fused-ring (bicyclic) bond motifs is 1. The van der Waals surface area contributed by atoms with Crippen molar-refractivity contribution < 1.29 is 9.90 Å². The Kier molecular flexibility index (Phi) is 3.03. The average molecular weight is 258 g/mol. The minimum atomic E-state index is -0.657. The van der Waals surface area contributed by atoms with E-state index in [1.165, 1.54) is 0 Å². The Bertz CT molecular complexity index is 599. The van der Waals surface area contributed by atoms with Gasteiger partial charge in [0.2, 0.25) is 5.91 Å². The summed E-state index contributed by atoms with van der Waals surface area (Å²) in [7, 11) is 0. The Morgan fingerprint density at radius 1 is 1.37 bits per heavy atom. The van der Waals surface area contributed by atoms with Gasteiger partial charge in [-0.15, -0.1) is 0 Å². The van der Waals surface area contributed by atoms with Gasteiger partial charge in [0.25, 0.3) is 0 Å². The van der Waals surface area contributed by atoms with Crippen LogP contribution in [0.5, 0.6) is 0 Å². The van der Waals surface area contributed by atoms with Gasteiger partial charge in [0, 0.05) is 23.6 Å². The SMILES string of the molecule is O=C(Cc1c[nH]c2ccccc12)NCC1(O)CCC1. The van der Waals surface area contributed by atoms with Crippen LogP contribution in [-0.2, 0) is 11.2 Å². The van der Waals surface area contributed by atoms with E-state index in [-0.39, 0.29) is 5.91 Å². The van der Waals surface area contributed by atoms with Crippen LogP contribution in [0.25, 0.3) is 10.9 Å². The van der Waals surface area contributed by atoms with E-state index in [1.54, 1.807) is 0 Å². The highest BCUT2D eigenvalue weighted by Gasteiger charge is 2.34. The molecule has 0 spiro atoms. The third-order valence-corrected chi connectivity index (χ3v) is 3.92. The van der Waals surface area contributed by atoms with Crippen LogP contribution in [0.4, 0.5) is 0 Å². The number of hydrogen-bond donors (Lipinski definition) is 3. The second-order valence-corrected chi connectivity index (χ2v) is 5.39. The molecule has 1 fully saturated rings. The Morgan fingerprint density at radius 2 is 2.16 bits per heavy atom. The molecule has 0 aliphatic heterocycles. The van der Waals surface area contributed by atoms with Gasteiger partial charge < -0.3 is 15.4 Å². The predicted molar refractivity (Wildman–Crippen MR) is 73.8 cm³/mol. The number of H-pyrrole nitrogens is 1. The number of aromatic amines is 1. The van der Waals surface area contributed by atoms with Crippen LogP contribution in [-0.4, -0.2) is 28.1 Å². The molecule has 1 aromatic heterocycles. The quantitative estimate of drug-likeness (QED) is 0.782. The summed E-state index contributed by atoms with van der Waals surface area (Å²) in [4.78, 5) is 15.1. The van der Waals surface area contributed by atoms with Crippen LogP contribution in [0.15, 0.2) is 30.5 Å². The van der Waals surface area contributed by atoms with Crippen molar-refractivity contribution in [2.45, 2.75) is 31.3 Å². The maximum Gasteiger partial charge on any atom is 0.224 e. The molecule has 19 heavy (non-hydrogen) atoms. The highest BCUT2D eigenvalue weighted by atomic mass is 16.3. The second kappa shape index (κ2) is 4.70. The molecule has 1 amide bonds. The normalized spacial score (nSPS) is 17.1. The van der Waals surface area contributed by atoms with Gasteiger partial charge in [-0.05, 0) is 30.9 Å². The van der Waals surface area contributed by atoms with E-state index in [1.807, 2.05) is 30.5 Å². The lowest BCUT2D eigenvalue weighted by molar-refractivity contribution is -0.122. The van der Waals surface area contributed by atoms with Crippen molar-refractivity contribution in [3.8, 4) is 0 Å². The third-order valence-electron chi connectivity index (χ3n) is 3.92. The minimum Gasteiger partial charge on any atom is -0.388 e. The van der Waals surface area contributed by atoms with Crippen molar-refractivity contribution >= 4 is 16.8 Å².